The lowest BCUT2D eigenvalue weighted by Crippen LogP contribution is -2.53. The van der Waals surface area contributed by atoms with E-state index >= 15 is 0 Å². The summed E-state index contributed by atoms with van der Waals surface area (Å²) in [4.78, 5) is 24.5. The van der Waals surface area contributed by atoms with Gasteiger partial charge in [-0.15, -0.1) is 24.8 Å². The molecule has 6 nitrogen and oxygen atoms in total. The molecule has 1 atom stereocenters. The van der Waals surface area contributed by atoms with Gasteiger partial charge in [0.15, 0.2) is 0 Å². The lowest BCUT2D eigenvalue weighted by Gasteiger charge is -2.37. The van der Waals surface area contributed by atoms with Crippen molar-refractivity contribution >= 4 is 59.0 Å². The maximum atomic E-state index is 12.7. The number of halogens is 3. The molecule has 1 amide bonds. The minimum Gasteiger partial charge on any atom is -0.366 e. The van der Waals surface area contributed by atoms with Crippen LogP contribution in [0.4, 0.5) is 5.69 Å². The van der Waals surface area contributed by atoms with E-state index in [-0.39, 0.29) is 30.7 Å². The van der Waals surface area contributed by atoms with Gasteiger partial charge in [0.05, 0.1) is 22.8 Å². The number of piperazine rings is 1. The molecule has 29 heavy (non-hydrogen) atoms. The minimum atomic E-state index is -0.534. The Hall–Kier alpha value is -1.99. The van der Waals surface area contributed by atoms with E-state index in [4.69, 9.17) is 17.3 Å². The zero-order chi connectivity index (χ0) is 18.8. The SMILES string of the molecule is Cl.Cl.N[C@H](Cc1ccc(Cl)cc1)C(=O)N1CCN(c2ccnc3cc[nH]c23)CC1. The van der Waals surface area contributed by atoms with Crippen molar-refractivity contribution in [3.05, 3.63) is 59.4 Å². The molecule has 1 aliphatic heterocycles. The summed E-state index contributed by atoms with van der Waals surface area (Å²) in [6.07, 6.45) is 4.24. The summed E-state index contributed by atoms with van der Waals surface area (Å²) in [7, 11) is 0. The smallest absolute Gasteiger partial charge is 0.239 e. The van der Waals surface area contributed by atoms with Crippen LogP contribution < -0.4 is 10.6 Å². The summed E-state index contributed by atoms with van der Waals surface area (Å²) < 4.78 is 0. The van der Waals surface area contributed by atoms with Gasteiger partial charge in [0.2, 0.25) is 5.91 Å². The topological polar surface area (TPSA) is 78.2 Å². The summed E-state index contributed by atoms with van der Waals surface area (Å²) in [6, 6.07) is 10.9. The number of hydrogen-bond donors (Lipinski definition) is 2. The quantitative estimate of drug-likeness (QED) is 0.631. The van der Waals surface area contributed by atoms with Crippen LogP contribution in [0.1, 0.15) is 5.56 Å². The van der Waals surface area contributed by atoms with Crippen LogP contribution in [0.15, 0.2) is 48.8 Å². The van der Waals surface area contributed by atoms with Gasteiger partial charge in [-0.05, 0) is 36.2 Å². The molecule has 0 bridgehead atoms. The first-order chi connectivity index (χ1) is 13.1. The third kappa shape index (κ3) is 5.14. The van der Waals surface area contributed by atoms with E-state index in [1.165, 1.54) is 0 Å². The number of rotatable bonds is 4. The Kier molecular flexibility index (Phi) is 8.16. The number of aromatic amines is 1. The Balaban J connectivity index is 0.00000150. The van der Waals surface area contributed by atoms with E-state index in [9.17, 15) is 4.79 Å². The summed E-state index contributed by atoms with van der Waals surface area (Å²) in [5, 5.41) is 0.682. The molecule has 1 aliphatic rings. The number of pyridine rings is 1. The van der Waals surface area contributed by atoms with Crippen LogP contribution in [0.25, 0.3) is 11.0 Å². The highest BCUT2D eigenvalue weighted by Gasteiger charge is 2.26. The number of carbonyl (C=O) groups is 1. The number of fused-ring (bicyclic) bond motifs is 1. The summed E-state index contributed by atoms with van der Waals surface area (Å²) in [5.41, 5.74) is 10.3. The van der Waals surface area contributed by atoms with Crippen LogP contribution in [0.3, 0.4) is 0 Å². The lowest BCUT2D eigenvalue weighted by molar-refractivity contribution is -0.132. The predicted octanol–water partition coefficient (Wildman–Crippen LogP) is 3.28. The van der Waals surface area contributed by atoms with Gasteiger partial charge in [0.25, 0.3) is 0 Å². The fraction of sp³-hybridized carbons (Fsp3) is 0.300. The van der Waals surface area contributed by atoms with Gasteiger partial charge in [-0.25, -0.2) is 0 Å². The van der Waals surface area contributed by atoms with Gasteiger partial charge in [-0.3, -0.25) is 9.78 Å². The molecule has 0 unspecified atom stereocenters. The summed E-state index contributed by atoms with van der Waals surface area (Å²) in [5.74, 6) is 0.00403. The lowest BCUT2D eigenvalue weighted by atomic mass is 10.1. The van der Waals surface area contributed by atoms with Crippen molar-refractivity contribution in [2.75, 3.05) is 31.1 Å². The van der Waals surface area contributed by atoms with Gasteiger partial charge in [-0.2, -0.15) is 0 Å². The third-order valence-corrected chi connectivity index (χ3v) is 5.30. The number of carbonyl (C=O) groups excluding carboxylic acids is 1. The van der Waals surface area contributed by atoms with Crippen LogP contribution in [0, 0.1) is 0 Å². The average molecular weight is 457 g/mol. The van der Waals surface area contributed by atoms with E-state index in [0.717, 1.165) is 35.4 Å². The van der Waals surface area contributed by atoms with Crippen molar-refractivity contribution in [3.8, 4) is 0 Å². The number of benzene rings is 1. The molecule has 0 radical (unpaired) electrons. The largest absolute Gasteiger partial charge is 0.366 e. The van der Waals surface area contributed by atoms with E-state index in [1.54, 1.807) is 0 Å². The molecule has 2 aromatic heterocycles. The fourth-order valence-electron chi connectivity index (χ4n) is 3.57. The number of anilines is 1. The Morgan fingerprint density at radius 1 is 1.10 bits per heavy atom. The van der Waals surface area contributed by atoms with Gasteiger partial charge < -0.3 is 20.5 Å². The number of hydrogen-bond acceptors (Lipinski definition) is 4. The molecule has 1 saturated heterocycles. The molecule has 1 fully saturated rings. The number of amides is 1. The zero-order valence-corrected chi connectivity index (χ0v) is 18.1. The Labute approximate surface area is 187 Å². The van der Waals surface area contributed by atoms with Crippen LogP contribution in [0.5, 0.6) is 0 Å². The molecule has 0 aliphatic carbocycles. The van der Waals surface area contributed by atoms with Crippen molar-refractivity contribution < 1.29 is 4.79 Å². The van der Waals surface area contributed by atoms with Gasteiger partial charge >= 0.3 is 0 Å². The van der Waals surface area contributed by atoms with Crippen molar-refractivity contribution in [1.82, 2.24) is 14.9 Å². The van der Waals surface area contributed by atoms with Crippen molar-refractivity contribution in [2.24, 2.45) is 5.73 Å². The Bertz CT molecular complexity index is 939. The van der Waals surface area contributed by atoms with E-state index in [2.05, 4.69) is 14.9 Å². The van der Waals surface area contributed by atoms with Crippen LogP contribution in [-0.4, -0.2) is 53.0 Å². The van der Waals surface area contributed by atoms with E-state index in [1.807, 2.05) is 53.7 Å². The molecule has 3 N–H and O–H groups in total. The second-order valence-electron chi connectivity index (χ2n) is 6.82. The first kappa shape index (κ1) is 23.3. The van der Waals surface area contributed by atoms with Crippen LogP contribution >= 0.6 is 36.4 Å². The first-order valence-electron chi connectivity index (χ1n) is 9.07. The molecule has 9 heteroatoms. The monoisotopic (exact) mass is 455 g/mol. The second-order valence-corrected chi connectivity index (χ2v) is 7.25. The molecule has 3 heterocycles. The number of nitrogens with zero attached hydrogens (tertiary/aromatic N) is 3. The summed E-state index contributed by atoms with van der Waals surface area (Å²) in [6.45, 7) is 2.88. The minimum absolute atomic E-state index is 0. The van der Waals surface area contributed by atoms with Crippen molar-refractivity contribution in [1.29, 1.82) is 0 Å². The number of H-pyrrole nitrogens is 1. The molecule has 4 rings (SSSR count). The molecule has 0 spiro atoms. The number of nitrogens with one attached hydrogen (secondary N) is 1. The van der Waals surface area contributed by atoms with Crippen LogP contribution in [0.2, 0.25) is 5.02 Å². The highest BCUT2D eigenvalue weighted by Crippen LogP contribution is 2.25. The fourth-order valence-corrected chi connectivity index (χ4v) is 3.70. The predicted molar refractivity (Wildman–Crippen MR) is 123 cm³/mol. The molecular weight excluding hydrogens is 433 g/mol. The molecule has 0 saturated carbocycles. The second kappa shape index (κ2) is 10.2. The molecule has 3 aromatic rings. The van der Waals surface area contributed by atoms with Crippen molar-refractivity contribution in [2.45, 2.75) is 12.5 Å². The normalized spacial score (nSPS) is 14.8. The zero-order valence-electron chi connectivity index (χ0n) is 15.8. The first-order valence-corrected chi connectivity index (χ1v) is 9.45. The maximum Gasteiger partial charge on any atom is 0.239 e. The maximum absolute atomic E-state index is 12.7. The highest BCUT2D eigenvalue weighted by atomic mass is 35.5. The average Bonchev–Trinajstić information content (AvgIpc) is 3.18. The Morgan fingerprint density at radius 3 is 2.48 bits per heavy atom. The number of aromatic nitrogens is 2. The highest BCUT2D eigenvalue weighted by molar-refractivity contribution is 6.30. The Morgan fingerprint density at radius 2 is 1.79 bits per heavy atom. The standard InChI is InChI=1S/C20H22ClN5O.2ClH/c21-15-3-1-14(2-4-15)13-16(22)20(27)26-11-9-25(10-12-26)18-6-8-23-17-5-7-24-19(17)18;;/h1-8,16,24H,9-13,22H2;2*1H/t16-;;/m1../s1. The van der Waals surface area contributed by atoms with Gasteiger partial charge in [0, 0.05) is 43.6 Å². The molecule has 1 aromatic carbocycles. The summed E-state index contributed by atoms with van der Waals surface area (Å²) >= 11 is 5.91. The third-order valence-electron chi connectivity index (χ3n) is 5.05. The molecule has 156 valence electrons. The van der Waals surface area contributed by atoms with E-state index in [0.29, 0.717) is 24.5 Å². The number of nitrogens with two attached hydrogens (primary N) is 1. The van der Waals surface area contributed by atoms with Gasteiger partial charge in [0.1, 0.15) is 0 Å². The van der Waals surface area contributed by atoms with Gasteiger partial charge in [-0.1, -0.05) is 23.7 Å². The van der Waals surface area contributed by atoms with Crippen LogP contribution in [-0.2, 0) is 11.2 Å². The molecular formula is C20H24Cl3N5O. The van der Waals surface area contributed by atoms with Crippen molar-refractivity contribution in [3.63, 3.8) is 0 Å². The van der Waals surface area contributed by atoms with E-state index < -0.39 is 6.04 Å².